The number of rotatable bonds is 7. The Labute approximate surface area is 144 Å². The number of ether oxygens (including phenoxy) is 1. The molecule has 0 aliphatic carbocycles. The van der Waals surface area contributed by atoms with Crippen molar-refractivity contribution < 1.29 is 4.74 Å². The van der Waals surface area contributed by atoms with Crippen LogP contribution in [0.25, 0.3) is 5.70 Å². The molecule has 2 heterocycles. The fourth-order valence-electron chi connectivity index (χ4n) is 2.65. The van der Waals surface area contributed by atoms with Gasteiger partial charge in [-0.15, -0.1) is 0 Å². The van der Waals surface area contributed by atoms with E-state index in [4.69, 9.17) is 4.74 Å². The second-order valence-electron chi connectivity index (χ2n) is 5.48. The van der Waals surface area contributed by atoms with Crippen molar-refractivity contribution in [2.45, 2.75) is 27.0 Å². The van der Waals surface area contributed by atoms with Crippen LogP contribution in [0.3, 0.4) is 0 Å². The van der Waals surface area contributed by atoms with Crippen LogP contribution in [0.5, 0.6) is 0 Å². The molecule has 0 saturated carbocycles. The van der Waals surface area contributed by atoms with Gasteiger partial charge in [0.25, 0.3) is 0 Å². The minimum Gasteiger partial charge on any atom is -0.487 e. The van der Waals surface area contributed by atoms with Crippen LogP contribution >= 0.6 is 0 Å². The summed E-state index contributed by atoms with van der Waals surface area (Å²) < 4.78 is 7.79. The second kappa shape index (κ2) is 8.20. The average Bonchev–Trinajstić information content (AvgIpc) is 2.97. The normalized spacial score (nSPS) is 15.6. The van der Waals surface area contributed by atoms with Gasteiger partial charge < -0.3 is 9.64 Å². The third-order valence-corrected chi connectivity index (χ3v) is 3.77. The van der Waals surface area contributed by atoms with Crippen molar-refractivity contribution in [3.05, 3.63) is 85.1 Å². The molecule has 0 spiro atoms. The molecule has 1 aliphatic rings. The van der Waals surface area contributed by atoms with E-state index in [1.54, 1.807) is 12.2 Å². The summed E-state index contributed by atoms with van der Waals surface area (Å²) in [4.78, 5) is 2.19. The number of aromatic nitrogens is 2. The van der Waals surface area contributed by atoms with Crippen molar-refractivity contribution in [2.24, 2.45) is 0 Å². The van der Waals surface area contributed by atoms with E-state index in [0.717, 1.165) is 41.6 Å². The van der Waals surface area contributed by atoms with E-state index >= 15 is 0 Å². The van der Waals surface area contributed by atoms with Crippen LogP contribution in [0.15, 0.2) is 73.7 Å². The van der Waals surface area contributed by atoms with Gasteiger partial charge in [0.15, 0.2) is 0 Å². The summed E-state index contributed by atoms with van der Waals surface area (Å²) in [5.74, 6) is 0.767. The maximum atomic E-state index is 5.79. The molecule has 0 radical (unpaired) electrons. The van der Waals surface area contributed by atoms with Crippen molar-refractivity contribution in [2.75, 3.05) is 6.54 Å². The van der Waals surface area contributed by atoms with Gasteiger partial charge in [0.05, 0.1) is 17.9 Å². The lowest BCUT2D eigenvalue weighted by molar-refractivity contribution is 0.206. The molecule has 0 atom stereocenters. The Balaban J connectivity index is 2.14. The molecule has 1 aliphatic heterocycles. The molecular weight excluding hydrogens is 298 g/mol. The minimum atomic E-state index is 0.415. The SMILES string of the molecule is C=C/C=C(\C=C/C)OCc1cc2n(n1)CCN(/C(C)=C/C=C)C2=C. The van der Waals surface area contributed by atoms with E-state index in [2.05, 4.69) is 36.7 Å². The van der Waals surface area contributed by atoms with E-state index in [-0.39, 0.29) is 0 Å². The molecule has 0 bridgehead atoms. The molecule has 0 saturated heterocycles. The first-order valence-corrected chi connectivity index (χ1v) is 8.01. The fraction of sp³-hybridized carbons (Fsp3) is 0.250. The van der Waals surface area contributed by atoms with Crippen LogP contribution in [0, 0.1) is 0 Å². The summed E-state index contributed by atoms with van der Waals surface area (Å²) in [7, 11) is 0. The first-order valence-electron chi connectivity index (χ1n) is 8.01. The van der Waals surface area contributed by atoms with Crippen LogP contribution in [-0.2, 0) is 17.9 Å². The monoisotopic (exact) mass is 323 g/mol. The first kappa shape index (κ1) is 17.6. The number of hydrogen-bond donors (Lipinski definition) is 0. The lowest BCUT2D eigenvalue weighted by atomic mass is 10.2. The number of fused-ring (bicyclic) bond motifs is 1. The molecule has 0 amide bonds. The summed E-state index contributed by atoms with van der Waals surface area (Å²) in [6.07, 6.45) is 11.2. The summed E-state index contributed by atoms with van der Waals surface area (Å²) in [6.45, 7) is 17.8. The highest BCUT2D eigenvalue weighted by atomic mass is 16.5. The molecule has 0 N–H and O–H groups in total. The van der Waals surface area contributed by atoms with E-state index in [1.165, 1.54) is 0 Å². The molecular formula is C20H25N3O. The van der Waals surface area contributed by atoms with Gasteiger partial charge in [-0.05, 0) is 38.1 Å². The van der Waals surface area contributed by atoms with Gasteiger partial charge in [0, 0.05) is 12.2 Å². The Morgan fingerprint density at radius 3 is 2.71 bits per heavy atom. The number of allylic oxidation sites excluding steroid dienone is 7. The van der Waals surface area contributed by atoms with Gasteiger partial charge in [0.2, 0.25) is 0 Å². The van der Waals surface area contributed by atoms with E-state index in [0.29, 0.717) is 6.61 Å². The molecule has 2 rings (SSSR count). The predicted molar refractivity (Wildman–Crippen MR) is 99.8 cm³/mol. The van der Waals surface area contributed by atoms with Crippen LogP contribution in [0.2, 0.25) is 0 Å². The van der Waals surface area contributed by atoms with Crippen LogP contribution in [0.4, 0.5) is 0 Å². The third kappa shape index (κ3) is 3.96. The zero-order chi connectivity index (χ0) is 17.5. The molecule has 4 nitrogen and oxygen atoms in total. The predicted octanol–water partition coefficient (Wildman–Crippen LogP) is 4.42. The Morgan fingerprint density at radius 2 is 2.04 bits per heavy atom. The summed E-state index contributed by atoms with van der Waals surface area (Å²) in [6, 6.07) is 2.04. The first-order chi connectivity index (χ1) is 11.6. The smallest absolute Gasteiger partial charge is 0.132 e. The molecule has 4 heteroatoms. The third-order valence-electron chi connectivity index (χ3n) is 3.77. The van der Waals surface area contributed by atoms with Crippen LogP contribution in [-0.4, -0.2) is 21.2 Å². The van der Waals surface area contributed by atoms with Gasteiger partial charge in [-0.2, -0.15) is 5.10 Å². The molecule has 0 unspecified atom stereocenters. The van der Waals surface area contributed by atoms with Gasteiger partial charge in [-0.3, -0.25) is 4.68 Å². The van der Waals surface area contributed by atoms with E-state index < -0.39 is 0 Å². The quantitative estimate of drug-likeness (QED) is 0.549. The maximum absolute atomic E-state index is 5.79. The zero-order valence-corrected chi connectivity index (χ0v) is 14.5. The maximum Gasteiger partial charge on any atom is 0.132 e. The van der Waals surface area contributed by atoms with Crippen molar-refractivity contribution in [1.29, 1.82) is 0 Å². The lowest BCUT2D eigenvalue weighted by Gasteiger charge is -2.31. The zero-order valence-electron chi connectivity index (χ0n) is 14.5. The summed E-state index contributed by atoms with van der Waals surface area (Å²) in [5, 5.41) is 4.62. The standard InChI is InChI=1S/C20H25N3O/c1-6-9-16(4)22-12-13-23-20(17(22)5)14-18(21-23)15-24-19(10-7-2)11-8-3/h6-11,14H,1-2,5,12-13,15H2,3-4H3/b11-8-,16-9+,19-10+. The van der Waals surface area contributed by atoms with E-state index in [9.17, 15) is 0 Å². The van der Waals surface area contributed by atoms with E-state index in [1.807, 2.05) is 42.0 Å². The van der Waals surface area contributed by atoms with Crippen LogP contribution < -0.4 is 0 Å². The van der Waals surface area contributed by atoms with Crippen molar-refractivity contribution in [3.8, 4) is 0 Å². The Morgan fingerprint density at radius 1 is 1.29 bits per heavy atom. The lowest BCUT2D eigenvalue weighted by Crippen LogP contribution is -2.31. The minimum absolute atomic E-state index is 0.415. The molecule has 0 fully saturated rings. The molecule has 126 valence electrons. The highest BCUT2D eigenvalue weighted by Gasteiger charge is 2.22. The Kier molecular flexibility index (Phi) is 6.01. The van der Waals surface area contributed by atoms with Crippen molar-refractivity contribution in [1.82, 2.24) is 14.7 Å². The number of hydrogen-bond acceptors (Lipinski definition) is 3. The molecule has 0 aromatic carbocycles. The topological polar surface area (TPSA) is 30.3 Å². The summed E-state index contributed by atoms with van der Waals surface area (Å²) in [5.41, 5.74) is 3.99. The molecule has 1 aromatic heterocycles. The highest BCUT2D eigenvalue weighted by molar-refractivity contribution is 5.62. The Bertz CT molecular complexity index is 719. The van der Waals surface area contributed by atoms with Crippen LogP contribution in [0.1, 0.15) is 25.2 Å². The molecule has 24 heavy (non-hydrogen) atoms. The Hall–Kier alpha value is -2.75. The van der Waals surface area contributed by atoms with Gasteiger partial charge in [-0.25, -0.2) is 0 Å². The molecule has 1 aromatic rings. The second-order valence-corrected chi connectivity index (χ2v) is 5.48. The van der Waals surface area contributed by atoms with Gasteiger partial charge >= 0.3 is 0 Å². The largest absolute Gasteiger partial charge is 0.487 e. The number of nitrogens with zero attached hydrogens (tertiary/aromatic N) is 3. The van der Waals surface area contributed by atoms with Gasteiger partial charge in [-0.1, -0.05) is 38.0 Å². The van der Waals surface area contributed by atoms with Crippen molar-refractivity contribution >= 4 is 5.70 Å². The van der Waals surface area contributed by atoms with Crippen molar-refractivity contribution in [3.63, 3.8) is 0 Å². The highest BCUT2D eigenvalue weighted by Crippen LogP contribution is 2.27. The summed E-state index contributed by atoms with van der Waals surface area (Å²) >= 11 is 0. The fourth-order valence-corrected chi connectivity index (χ4v) is 2.65. The average molecular weight is 323 g/mol. The van der Waals surface area contributed by atoms with Gasteiger partial charge in [0.1, 0.15) is 18.1 Å².